The van der Waals surface area contributed by atoms with Crippen LogP contribution in [0.2, 0.25) is 0 Å². The molecule has 1 N–H and O–H groups in total. The smallest absolute Gasteiger partial charge is 0.146 e. The van der Waals surface area contributed by atoms with Gasteiger partial charge >= 0.3 is 0 Å². The number of hydrogen-bond acceptors (Lipinski definition) is 3. The molecular formula is C11H18N4. The highest BCUT2D eigenvalue weighted by atomic mass is 15.3. The van der Waals surface area contributed by atoms with E-state index in [-0.39, 0.29) is 0 Å². The molecule has 2 aliphatic rings. The van der Waals surface area contributed by atoms with Gasteiger partial charge in [-0.05, 0) is 37.0 Å². The van der Waals surface area contributed by atoms with E-state index in [1.165, 1.54) is 32.2 Å². The number of hydrogen-bond donors (Lipinski definition) is 1. The lowest BCUT2D eigenvalue weighted by Crippen LogP contribution is -2.26. The first kappa shape index (κ1) is 9.33. The number of nitrogens with zero attached hydrogens (tertiary/aromatic N) is 3. The zero-order chi connectivity index (χ0) is 10.3. The molecule has 0 unspecified atom stereocenters. The molecule has 0 atom stereocenters. The predicted molar refractivity (Wildman–Crippen MR) is 57.1 cm³/mol. The van der Waals surface area contributed by atoms with Crippen molar-refractivity contribution in [3.63, 3.8) is 0 Å². The van der Waals surface area contributed by atoms with Crippen LogP contribution in [-0.2, 0) is 13.6 Å². The minimum Gasteiger partial charge on any atom is -0.320 e. The lowest BCUT2D eigenvalue weighted by molar-refractivity contribution is 0.399. The van der Waals surface area contributed by atoms with Crippen LogP contribution in [-0.4, -0.2) is 21.3 Å². The molecule has 0 radical (unpaired) electrons. The van der Waals surface area contributed by atoms with Gasteiger partial charge in [0.1, 0.15) is 12.2 Å². The van der Waals surface area contributed by atoms with E-state index in [9.17, 15) is 0 Å². The van der Waals surface area contributed by atoms with Gasteiger partial charge in [0.25, 0.3) is 0 Å². The third-order valence-electron chi connectivity index (χ3n) is 3.90. The number of aromatic nitrogens is 3. The van der Waals surface area contributed by atoms with Crippen molar-refractivity contribution in [3.8, 4) is 0 Å². The zero-order valence-corrected chi connectivity index (χ0v) is 9.24. The third-order valence-corrected chi connectivity index (χ3v) is 3.90. The summed E-state index contributed by atoms with van der Waals surface area (Å²) in [6.45, 7) is 2.02. The minimum atomic E-state index is 0.679. The molecule has 2 aliphatic carbocycles. The van der Waals surface area contributed by atoms with Crippen LogP contribution >= 0.6 is 0 Å². The van der Waals surface area contributed by atoms with Gasteiger partial charge in [-0.25, -0.2) is 0 Å². The highest BCUT2D eigenvalue weighted by Crippen LogP contribution is 2.60. The quantitative estimate of drug-likeness (QED) is 0.784. The second kappa shape index (κ2) is 3.30. The molecule has 0 saturated heterocycles. The first-order chi connectivity index (χ1) is 7.30. The fourth-order valence-electron chi connectivity index (χ4n) is 2.48. The van der Waals surface area contributed by atoms with E-state index in [0.29, 0.717) is 5.41 Å². The number of aryl methyl sites for hydroxylation is 1. The molecule has 3 rings (SSSR count). The third kappa shape index (κ3) is 1.78. The second-order valence-corrected chi connectivity index (χ2v) is 5.10. The first-order valence-electron chi connectivity index (χ1n) is 5.84. The highest BCUT2D eigenvalue weighted by Gasteiger charge is 2.53. The Morgan fingerprint density at radius 3 is 2.87 bits per heavy atom. The van der Waals surface area contributed by atoms with Crippen molar-refractivity contribution < 1.29 is 0 Å². The molecule has 0 spiro atoms. The van der Waals surface area contributed by atoms with Gasteiger partial charge in [0, 0.05) is 13.6 Å². The van der Waals surface area contributed by atoms with Crippen molar-refractivity contribution in [1.82, 2.24) is 20.1 Å². The van der Waals surface area contributed by atoms with Gasteiger partial charge in [-0.1, -0.05) is 0 Å². The Morgan fingerprint density at radius 1 is 1.53 bits per heavy atom. The summed E-state index contributed by atoms with van der Waals surface area (Å²) in [4.78, 5) is 0. The van der Waals surface area contributed by atoms with Gasteiger partial charge in [-0.2, -0.15) is 0 Å². The van der Waals surface area contributed by atoms with E-state index in [0.717, 1.165) is 18.3 Å². The maximum atomic E-state index is 4.07. The Bertz CT molecular complexity index is 349. The maximum Gasteiger partial charge on any atom is 0.146 e. The van der Waals surface area contributed by atoms with Crippen LogP contribution in [0.4, 0.5) is 0 Å². The molecule has 2 fully saturated rings. The molecule has 2 saturated carbocycles. The normalized spacial score (nSPS) is 23.0. The van der Waals surface area contributed by atoms with Crippen molar-refractivity contribution in [2.45, 2.75) is 32.2 Å². The highest BCUT2D eigenvalue weighted by molar-refractivity contribution is 5.05. The topological polar surface area (TPSA) is 42.7 Å². The molecule has 0 aromatic carbocycles. The standard InChI is InChI=1S/C11H18N4/c1-15-8-13-14-10(15)6-12-7-11(4-5-11)9-2-3-9/h8-9,12H,2-7H2,1H3. The van der Waals surface area contributed by atoms with E-state index in [1.807, 2.05) is 11.6 Å². The van der Waals surface area contributed by atoms with Crippen LogP contribution in [0.3, 0.4) is 0 Å². The van der Waals surface area contributed by atoms with Gasteiger partial charge in [0.05, 0.1) is 6.54 Å². The number of rotatable bonds is 5. The molecule has 0 bridgehead atoms. The van der Waals surface area contributed by atoms with E-state index < -0.39 is 0 Å². The molecular weight excluding hydrogens is 188 g/mol. The van der Waals surface area contributed by atoms with E-state index in [4.69, 9.17) is 0 Å². The van der Waals surface area contributed by atoms with Gasteiger partial charge in [-0.15, -0.1) is 10.2 Å². The van der Waals surface area contributed by atoms with E-state index >= 15 is 0 Å². The Kier molecular flexibility index (Phi) is 2.06. The van der Waals surface area contributed by atoms with Crippen LogP contribution in [0, 0.1) is 11.3 Å². The summed E-state index contributed by atoms with van der Waals surface area (Å²) in [6, 6.07) is 0. The Morgan fingerprint density at radius 2 is 2.33 bits per heavy atom. The summed E-state index contributed by atoms with van der Waals surface area (Å²) >= 11 is 0. The molecule has 0 amide bonds. The van der Waals surface area contributed by atoms with Crippen molar-refractivity contribution in [1.29, 1.82) is 0 Å². The second-order valence-electron chi connectivity index (χ2n) is 5.10. The van der Waals surface area contributed by atoms with Gasteiger partial charge in [-0.3, -0.25) is 0 Å². The molecule has 0 aliphatic heterocycles. The Hall–Kier alpha value is -0.900. The number of nitrogens with one attached hydrogen (secondary N) is 1. The van der Waals surface area contributed by atoms with Crippen LogP contribution < -0.4 is 5.32 Å². The van der Waals surface area contributed by atoms with Crippen LogP contribution in [0.15, 0.2) is 6.33 Å². The molecule has 82 valence electrons. The zero-order valence-electron chi connectivity index (χ0n) is 9.24. The van der Waals surface area contributed by atoms with Crippen molar-refractivity contribution in [2.24, 2.45) is 18.4 Å². The fraction of sp³-hybridized carbons (Fsp3) is 0.818. The summed E-state index contributed by atoms with van der Waals surface area (Å²) < 4.78 is 1.98. The molecule has 15 heavy (non-hydrogen) atoms. The van der Waals surface area contributed by atoms with Gasteiger partial charge in [0.2, 0.25) is 0 Å². The molecule has 4 nitrogen and oxygen atoms in total. The van der Waals surface area contributed by atoms with Gasteiger partial charge < -0.3 is 9.88 Å². The summed E-state index contributed by atoms with van der Waals surface area (Å²) in [5.74, 6) is 2.06. The molecule has 4 heteroatoms. The first-order valence-corrected chi connectivity index (χ1v) is 5.84. The van der Waals surface area contributed by atoms with E-state index in [1.54, 1.807) is 6.33 Å². The summed E-state index contributed by atoms with van der Waals surface area (Å²) in [6.07, 6.45) is 7.55. The van der Waals surface area contributed by atoms with Crippen LogP contribution in [0.1, 0.15) is 31.5 Å². The SMILES string of the molecule is Cn1cnnc1CNCC1(C2CC2)CC1. The van der Waals surface area contributed by atoms with Crippen LogP contribution in [0.5, 0.6) is 0 Å². The van der Waals surface area contributed by atoms with Crippen molar-refractivity contribution in [2.75, 3.05) is 6.54 Å². The Balaban J connectivity index is 1.49. The lowest BCUT2D eigenvalue weighted by atomic mass is 10.0. The molecule has 1 aromatic heterocycles. The lowest BCUT2D eigenvalue weighted by Gasteiger charge is -2.14. The largest absolute Gasteiger partial charge is 0.320 e. The van der Waals surface area contributed by atoms with Crippen molar-refractivity contribution in [3.05, 3.63) is 12.2 Å². The monoisotopic (exact) mass is 206 g/mol. The van der Waals surface area contributed by atoms with Crippen LogP contribution in [0.25, 0.3) is 0 Å². The average Bonchev–Trinajstić information content (AvgIpc) is 3.10. The summed E-state index contributed by atoms with van der Waals surface area (Å²) in [7, 11) is 1.99. The summed E-state index contributed by atoms with van der Waals surface area (Å²) in [5, 5.41) is 11.5. The molecule has 1 heterocycles. The predicted octanol–water partition coefficient (Wildman–Crippen LogP) is 1.09. The fourth-order valence-corrected chi connectivity index (χ4v) is 2.48. The summed E-state index contributed by atoms with van der Waals surface area (Å²) in [5.41, 5.74) is 0.679. The van der Waals surface area contributed by atoms with Gasteiger partial charge in [0.15, 0.2) is 0 Å². The maximum absolute atomic E-state index is 4.07. The van der Waals surface area contributed by atoms with E-state index in [2.05, 4.69) is 15.5 Å². The Labute approximate surface area is 90.1 Å². The average molecular weight is 206 g/mol. The molecule has 1 aromatic rings. The van der Waals surface area contributed by atoms with Crippen molar-refractivity contribution >= 4 is 0 Å². The minimum absolute atomic E-state index is 0.679.